The number of imidazole rings is 1. The van der Waals surface area contributed by atoms with Crippen LogP contribution in [0.15, 0.2) is 43.0 Å². The molecule has 1 fully saturated rings. The van der Waals surface area contributed by atoms with Crippen molar-refractivity contribution in [2.75, 3.05) is 18.4 Å². The van der Waals surface area contributed by atoms with Crippen LogP contribution in [-0.2, 0) is 22.3 Å². The Hall–Kier alpha value is -5.50. The van der Waals surface area contributed by atoms with Crippen LogP contribution in [-0.4, -0.2) is 72.7 Å². The zero-order valence-electron chi connectivity index (χ0n) is 24.1. The molecule has 4 heterocycles. The average Bonchev–Trinajstić information content (AvgIpc) is 3.74. The van der Waals surface area contributed by atoms with E-state index in [2.05, 4.69) is 36.3 Å². The van der Waals surface area contributed by atoms with Gasteiger partial charge in [-0.2, -0.15) is 23.5 Å². The topological polar surface area (TPSA) is 191 Å². The van der Waals surface area contributed by atoms with Crippen LogP contribution < -0.4 is 21.3 Å². The molecule has 1 aliphatic heterocycles. The molecule has 5 N–H and O–H groups in total. The molecule has 0 unspecified atom stereocenters. The summed E-state index contributed by atoms with van der Waals surface area (Å²) in [5.74, 6) is -0.391. The maximum absolute atomic E-state index is 13.7. The lowest BCUT2D eigenvalue weighted by molar-refractivity contribution is -0.141. The van der Waals surface area contributed by atoms with Crippen LogP contribution >= 0.6 is 0 Å². The molecule has 17 heteroatoms. The van der Waals surface area contributed by atoms with Crippen molar-refractivity contribution in [1.29, 1.82) is 5.26 Å². The summed E-state index contributed by atoms with van der Waals surface area (Å²) in [6.07, 6.45) is 1.43. The van der Waals surface area contributed by atoms with E-state index in [4.69, 9.17) is 15.2 Å². The van der Waals surface area contributed by atoms with Gasteiger partial charge >= 0.3 is 6.18 Å². The number of hydrogen-bond donors (Lipinski definition) is 5. The van der Waals surface area contributed by atoms with E-state index in [9.17, 15) is 22.8 Å². The second-order valence-corrected chi connectivity index (χ2v) is 10.0. The highest BCUT2D eigenvalue weighted by molar-refractivity contribution is 5.99. The van der Waals surface area contributed by atoms with Gasteiger partial charge in [0.15, 0.2) is 17.2 Å². The molecule has 4 aromatic rings. The number of anilines is 2. The van der Waals surface area contributed by atoms with Crippen molar-refractivity contribution < 1.29 is 32.7 Å². The molecule has 14 nitrogen and oxygen atoms in total. The number of halogens is 3. The van der Waals surface area contributed by atoms with E-state index in [1.165, 1.54) is 23.0 Å². The predicted octanol–water partition coefficient (Wildman–Crippen LogP) is 2.48. The highest BCUT2D eigenvalue weighted by Crippen LogP contribution is 2.37. The number of rotatable bonds is 8. The van der Waals surface area contributed by atoms with Gasteiger partial charge in [-0.15, -0.1) is 0 Å². The van der Waals surface area contributed by atoms with Crippen LogP contribution in [0.4, 0.5) is 24.7 Å². The minimum atomic E-state index is -4.74. The molecule has 3 aromatic heterocycles. The molecule has 45 heavy (non-hydrogen) atoms. The van der Waals surface area contributed by atoms with Gasteiger partial charge < -0.3 is 26.4 Å². The average molecular weight is 627 g/mol. The Morgan fingerprint density at radius 3 is 2.71 bits per heavy atom. The van der Waals surface area contributed by atoms with Gasteiger partial charge in [-0.05, 0) is 50.6 Å². The van der Waals surface area contributed by atoms with Crippen LogP contribution in [0.1, 0.15) is 35.0 Å². The fraction of sp³-hybridized carbons (Fsp3) is 0.321. The third-order valence-corrected chi connectivity index (χ3v) is 6.85. The fourth-order valence-corrected chi connectivity index (χ4v) is 4.76. The summed E-state index contributed by atoms with van der Waals surface area (Å²) in [4.78, 5) is 42.3. The Kier molecular flexibility index (Phi) is 9.98. The van der Waals surface area contributed by atoms with Crippen LogP contribution in [0.5, 0.6) is 0 Å². The van der Waals surface area contributed by atoms with Gasteiger partial charge in [0.2, 0.25) is 5.91 Å². The van der Waals surface area contributed by atoms with Gasteiger partial charge in [0, 0.05) is 42.4 Å². The first-order chi connectivity index (χ1) is 21.5. The third-order valence-electron chi connectivity index (χ3n) is 6.85. The standard InChI is InChI=1S/C27H27F3N10O2.CH2O2/c1-15-11-17(3-4-19(15)26(42)35-16(2)25(41)37-18-5-7-32-12-18)36-23-24-34-13-21(40(24)10-8-33-23)20-14-39(9-6-31)38-22(20)27(28,29)30;2-1-3/h3-4,8,10-11,13-14,16,18,32H,5,7,9,12H2,1-2H3,(H,33,36)(H,35,42)(H,37,41);1H,(H,2,3)/t16-,18-;/m1./s1. The number of benzene rings is 1. The highest BCUT2D eigenvalue weighted by Gasteiger charge is 2.38. The first-order valence-corrected chi connectivity index (χ1v) is 13.6. The highest BCUT2D eigenvalue weighted by atomic mass is 19.4. The molecule has 2 atom stereocenters. The van der Waals surface area contributed by atoms with Crippen molar-refractivity contribution in [3.63, 3.8) is 0 Å². The molecule has 1 saturated heterocycles. The van der Waals surface area contributed by atoms with E-state index in [1.807, 2.05) is 0 Å². The Morgan fingerprint density at radius 2 is 2.07 bits per heavy atom. The lowest BCUT2D eigenvalue weighted by atomic mass is 10.1. The molecule has 0 saturated carbocycles. The van der Waals surface area contributed by atoms with E-state index in [1.54, 1.807) is 38.1 Å². The number of nitrogens with zero attached hydrogens (tertiary/aromatic N) is 6. The van der Waals surface area contributed by atoms with Gasteiger partial charge in [0.1, 0.15) is 12.6 Å². The Morgan fingerprint density at radius 1 is 1.31 bits per heavy atom. The summed E-state index contributed by atoms with van der Waals surface area (Å²) in [6, 6.07) is 6.07. The van der Waals surface area contributed by atoms with E-state index in [0.717, 1.165) is 23.8 Å². The smallest absolute Gasteiger partial charge is 0.435 e. The van der Waals surface area contributed by atoms with Gasteiger partial charge in [-0.3, -0.25) is 23.5 Å². The van der Waals surface area contributed by atoms with Crippen molar-refractivity contribution >= 4 is 35.4 Å². The van der Waals surface area contributed by atoms with Gasteiger partial charge in [0.05, 0.1) is 23.5 Å². The molecular weight excluding hydrogens is 597 g/mol. The summed E-state index contributed by atoms with van der Waals surface area (Å²) in [6.45, 7) is 4.31. The molecule has 0 bridgehead atoms. The number of nitrogens with one attached hydrogen (secondary N) is 4. The van der Waals surface area contributed by atoms with Crippen molar-refractivity contribution in [3.05, 3.63) is 59.8 Å². The maximum atomic E-state index is 13.7. The number of alkyl halides is 3. The maximum Gasteiger partial charge on any atom is 0.435 e. The van der Waals surface area contributed by atoms with Crippen molar-refractivity contribution in [1.82, 2.24) is 40.1 Å². The van der Waals surface area contributed by atoms with Crippen molar-refractivity contribution in [3.8, 4) is 17.3 Å². The molecular formula is C28H29F3N10O4. The molecule has 0 aliphatic carbocycles. The van der Waals surface area contributed by atoms with E-state index in [0.29, 0.717) is 23.4 Å². The monoisotopic (exact) mass is 626 g/mol. The molecule has 236 valence electrons. The largest absolute Gasteiger partial charge is 0.483 e. The molecule has 1 aliphatic rings. The summed E-state index contributed by atoms with van der Waals surface area (Å²) < 4.78 is 43.5. The molecule has 5 rings (SSSR count). The van der Waals surface area contributed by atoms with E-state index in [-0.39, 0.29) is 47.7 Å². The number of amides is 2. The first kappa shape index (κ1) is 32.4. The second kappa shape index (κ2) is 13.9. The molecule has 1 aromatic carbocycles. The second-order valence-electron chi connectivity index (χ2n) is 10.0. The molecule has 2 amide bonds. The van der Waals surface area contributed by atoms with E-state index >= 15 is 0 Å². The molecule has 0 spiro atoms. The number of aromatic nitrogens is 5. The van der Waals surface area contributed by atoms with Gasteiger partial charge in [-0.1, -0.05) is 0 Å². The summed E-state index contributed by atoms with van der Waals surface area (Å²) in [5, 5.41) is 31.3. The fourth-order valence-electron chi connectivity index (χ4n) is 4.76. The number of nitriles is 1. The minimum Gasteiger partial charge on any atom is -0.483 e. The number of carbonyl (C=O) groups excluding carboxylic acids is 2. The lowest BCUT2D eigenvalue weighted by Gasteiger charge is -2.18. The first-order valence-electron chi connectivity index (χ1n) is 13.6. The third kappa shape index (κ3) is 7.54. The van der Waals surface area contributed by atoms with Crippen LogP contribution in [0.25, 0.3) is 16.9 Å². The Balaban J connectivity index is 0.00000148. The van der Waals surface area contributed by atoms with Crippen LogP contribution in [0.2, 0.25) is 0 Å². The van der Waals surface area contributed by atoms with Crippen LogP contribution in [0, 0.1) is 18.3 Å². The number of hydrogen-bond acceptors (Lipinski definition) is 9. The predicted molar refractivity (Wildman–Crippen MR) is 154 cm³/mol. The summed E-state index contributed by atoms with van der Waals surface area (Å²) in [7, 11) is 0. The quantitative estimate of drug-likeness (QED) is 0.182. The van der Waals surface area contributed by atoms with Gasteiger partial charge in [0.25, 0.3) is 12.4 Å². The summed E-state index contributed by atoms with van der Waals surface area (Å²) >= 11 is 0. The lowest BCUT2D eigenvalue weighted by Crippen LogP contribution is -2.48. The number of carbonyl (C=O) groups is 3. The number of carboxylic acid groups (broad SMARTS) is 1. The zero-order chi connectivity index (χ0) is 32.7. The SMILES string of the molecule is Cc1cc(Nc2nccn3c(-c4cn(CC#N)nc4C(F)(F)F)cnc23)ccc1C(=O)N[C@H](C)C(=O)N[C@@H]1CCNC1.O=CO. The Bertz CT molecular complexity index is 1740. The van der Waals surface area contributed by atoms with Crippen LogP contribution in [0.3, 0.4) is 0 Å². The van der Waals surface area contributed by atoms with E-state index < -0.39 is 23.8 Å². The Labute approximate surface area is 254 Å². The number of fused-ring (bicyclic) bond motifs is 1. The van der Waals surface area contributed by atoms with Gasteiger partial charge in [-0.25, -0.2) is 9.97 Å². The summed E-state index contributed by atoms with van der Waals surface area (Å²) in [5.41, 5.74) is 0.593. The normalized spacial score (nSPS) is 15.0. The number of aryl methyl sites for hydroxylation is 1. The van der Waals surface area contributed by atoms with Crippen molar-refractivity contribution in [2.24, 2.45) is 0 Å². The van der Waals surface area contributed by atoms with Crippen molar-refractivity contribution in [2.45, 2.75) is 45.1 Å². The zero-order valence-corrected chi connectivity index (χ0v) is 24.1. The molecule has 0 radical (unpaired) electrons. The minimum absolute atomic E-state index is 0.0427.